The molecule has 0 aliphatic carbocycles. The average Bonchev–Trinajstić information content (AvgIpc) is 2.56. The molecular weight excluding hydrogens is 278 g/mol. The molecule has 0 atom stereocenters. The number of hydrogen-bond acceptors (Lipinski definition) is 5. The summed E-state index contributed by atoms with van der Waals surface area (Å²) in [4.78, 5) is 0. The number of azo groups is 1. The van der Waals surface area contributed by atoms with E-state index in [1.807, 2.05) is 36.4 Å². The first-order valence-corrected chi connectivity index (χ1v) is 6.80. The highest BCUT2D eigenvalue weighted by atomic mass is 16.5. The highest BCUT2D eigenvalue weighted by molar-refractivity contribution is 6.00. The van der Waals surface area contributed by atoms with E-state index in [0.717, 1.165) is 21.2 Å². The van der Waals surface area contributed by atoms with Gasteiger partial charge in [-0.1, -0.05) is 24.3 Å². The van der Waals surface area contributed by atoms with Gasteiger partial charge in [-0.2, -0.15) is 0 Å². The quantitative estimate of drug-likeness (QED) is 0.255. The van der Waals surface area contributed by atoms with Crippen LogP contribution in [-0.4, -0.2) is 0 Å². The van der Waals surface area contributed by atoms with Gasteiger partial charge in [0.05, 0.1) is 10.8 Å². The van der Waals surface area contributed by atoms with Gasteiger partial charge in [0.2, 0.25) is 0 Å². The van der Waals surface area contributed by atoms with Crippen molar-refractivity contribution in [1.29, 1.82) is 0 Å². The van der Waals surface area contributed by atoms with Crippen molar-refractivity contribution in [3.63, 3.8) is 0 Å². The number of aromatic nitrogens is 1. The second-order valence-electron chi connectivity index (χ2n) is 4.84. The Kier molecular flexibility index (Phi) is 3.67. The minimum absolute atomic E-state index is 0.255. The fourth-order valence-corrected chi connectivity index (χ4v) is 2.26. The predicted octanol–water partition coefficient (Wildman–Crippen LogP) is 3.48. The average molecular weight is 293 g/mol. The van der Waals surface area contributed by atoms with Gasteiger partial charge >= 0.3 is 5.82 Å². The fourth-order valence-electron chi connectivity index (χ4n) is 2.26. The SMILES string of the molecule is Cc1cccc(/N=N/c2ccc(NN)c3ccccc23)[n+]1[O-]. The maximum atomic E-state index is 11.9. The number of fused-ring (bicyclic) bond motifs is 1. The van der Waals surface area contributed by atoms with Crippen LogP contribution in [0, 0.1) is 12.1 Å². The van der Waals surface area contributed by atoms with Crippen molar-refractivity contribution in [2.45, 2.75) is 6.92 Å². The first-order chi connectivity index (χ1) is 10.7. The van der Waals surface area contributed by atoms with Gasteiger partial charge in [0.15, 0.2) is 0 Å². The van der Waals surface area contributed by atoms with E-state index in [1.165, 1.54) is 0 Å². The van der Waals surface area contributed by atoms with Crippen LogP contribution in [0.15, 0.2) is 64.8 Å². The molecular formula is C16H15N5O. The minimum Gasteiger partial charge on any atom is -0.710 e. The Labute approximate surface area is 127 Å². The van der Waals surface area contributed by atoms with Gasteiger partial charge in [-0.25, -0.2) is 4.73 Å². The van der Waals surface area contributed by atoms with Crippen LogP contribution in [0.1, 0.15) is 5.69 Å². The van der Waals surface area contributed by atoms with Gasteiger partial charge in [0.1, 0.15) is 11.4 Å². The molecule has 0 saturated carbocycles. The van der Waals surface area contributed by atoms with Crippen molar-refractivity contribution in [2.75, 3.05) is 5.43 Å². The topological polar surface area (TPSA) is 89.7 Å². The number of nitrogen functional groups attached to an aromatic ring is 1. The van der Waals surface area contributed by atoms with E-state index in [4.69, 9.17) is 5.84 Å². The van der Waals surface area contributed by atoms with Crippen LogP contribution in [0.2, 0.25) is 0 Å². The first kappa shape index (κ1) is 14.0. The number of benzene rings is 2. The predicted molar refractivity (Wildman–Crippen MR) is 86.1 cm³/mol. The van der Waals surface area contributed by atoms with Gasteiger partial charge in [-0.15, -0.1) is 0 Å². The van der Waals surface area contributed by atoms with E-state index in [-0.39, 0.29) is 5.82 Å². The van der Waals surface area contributed by atoms with E-state index in [2.05, 4.69) is 15.7 Å². The summed E-state index contributed by atoms with van der Waals surface area (Å²) in [5, 5.41) is 22.0. The van der Waals surface area contributed by atoms with Crippen molar-refractivity contribution < 1.29 is 4.73 Å². The van der Waals surface area contributed by atoms with E-state index in [9.17, 15) is 5.21 Å². The second-order valence-corrected chi connectivity index (χ2v) is 4.84. The number of anilines is 1. The molecule has 3 N–H and O–H groups in total. The maximum Gasteiger partial charge on any atom is 0.353 e. The van der Waals surface area contributed by atoms with Crippen molar-refractivity contribution in [2.24, 2.45) is 16.1 Å². The largest absolute Gasteiger partial charge is 0.710 e. The van der Waals surface area contributed by atoms with Crippen LogP contribution >= 0.6 is 0 Å². The first-order valence-electron chi connectivity index (χ1n) is 6.80. The Morgan fingerprint density at radius 2 is 1.73 bits per heavy atom. The third kappa shape index (κ3) is 2.47. The molecule has 3 aromatic rings. The van der Waals surface area contributed by atoms with E-state index in [0.29, 0.717) is 11.4 Å². The molecule has 110 valence electrons. The molecule has 0 amide bonds. The monoisotopic (exact) mass is 293 g/mol. The van der Waals surface area contributed by atoms with Crippen LogP contribution in [0.4, 0.5) is 17.2 Å². The van der Waals surface area contributed by atoms with Gasteiger partial charge in [-0.3, -0.25) is 5.84 Å². The maximum absolute atomic E-state index is 11.9. The van der Waals surface area contributed by atoms with Crippen LogP contribution in [0.5, 0.6) is 0 Å². The molecule has 1 heterocycles. The van der Waals surface area contributed by atoms with Gasteiger partial charge in [0, 0.05) is 16.8 Å². The van der Waals surface area contributed by atoms with Gasteiger partial charge in [-0.05, 0) is 36.3 Å². The number of rotatable bonds is 3. The van der Waals surface area contributed by atoms with Crippen molar-refractivity contribution in [3.05, 3.63) is 65.5 Å². The summed E-state index contributed by atoms with van der Waals surface area (Å²) in [6, 6.07) is 16.5. The van der Waals surface area contributed by atoms with E-state index >= 15 is 0 Å². The second kappa shape index (κ2) is 5.79. The van der Waals surface area contributed by atoms with Crippen LogP contribution < -0.4 is 16.0 Å². The summed E-state index contributed by atoms with van der Waals surface area (Å²) >= 11 is 0. The molecule has 0 bridgehead atoms. The summed E-state index contributed by atoms with van der Waals surface area (Å²) in [6.45, 7) is 1.73. The van der Waals surface area contributed by atoms with E-state index in [1.54, 1.807) is 25.1 Å². The lowest BCUT2D eigenvalue weighted by molar-refractivity contribution is -0.598. The summed E-state index contributed by atoms with van der Waals surface area (Å²) in [6.07, 6.45) is 0. The molecule has 6 nitrogen and oxygen atoms in total. The summed E-state index contributed by atoms with van der Waals surface area (Å²) in [7, 11) is 0. The normalized spacial score (nSPS) is 11.2. The van der Waals surface area contributed by atoms with Crippen molar-refractivity contribution in [3.8, 4) is 0 Å². The Morgan fingerprint density at radius 1 is 0.955 bits per heavy atom. The molecule has 1 aromatic heterocycles. The molecule has 0 fully saturated rings. The number of hydrazine groups is 1. The standard InChI is InChI=1S/C16H15N5O/c1-11-5-4-8-16(21(11)22)20-19-15-10-9-14(18-17)12-6-2-3-7-13(12)15/h2-10,18H,17H2,1H3/b20-19+. The summed E-state index contributed by atoms with van der Waals surface area (Å²) in [5.41, 5.74) is 4.72. The zero-order valence-corrected chi connectivity index (χ0v) is 12.0. The van der Waals surface area contributed by atoms with E-state index < -0.39 is 0 Å². The lowest BCUT2D eigenvalue weighted by Gasteiger charge is -2.07. The molecule has 0 spiro atoms. The third-order valence-electron chi connectivity index (χ3n) is 3.43. The minimum atomic E-state index is 0.255. The van der Waals surface area contributed by atoms with Crippen molar-refractivity contribution in [1.82, 2.24) is 0 Å². The molecule has 0 saturated heterocycles. The number of pyridine rings is 1. The molecule has 0 unspecified atom stereocenters. The Bertz CT molecular complexity index is 860. The lowest BCUT2D eigenvalue weighted by Crippen LogP contribution is -2.29. The zero-order valence-electron chi connectivity index (χ0n) is 12.0. The lowest BCUT2D eigenvalue weighted by atomic mass is 10.1. The van der Waals surface area contributed by atoms with Crippen LogP contribution in [0.25, 0.3) is 10.8 Å². The number of nitrogens with zero attached hydrogens (tertiary/aromatic N) is 3. The number of nitrogens with one attached hydrogen (secondary N) is 1. The van der Waals surface area contributed by atoms with Crippen LogP contribution in [-0.2, 0) is 0 Å². The molecule has 0 aliphatic rings. The molecule has 0 aliphatic heterocycles. The molecule has 22 heavy (non-hydrogen) atoms. The number of aryl methyl sites for hydroxylation is 1. The van der Waals surface area contributed by atoms with Gasteiger partial charge in [0.25, 0.3) is 0 Å². The Hall–Kier alpha value is -2.99. The smallest absolute Gasteiger partial charge is 0.353 e. The van der Waals surface area contributed by atoms with Crippen LogP contribution in [0.3, 0.4) is 0 Å². The summed E-state index contributed by atoms with van der Waals surface area (Å²) < 4.78 is 0.751. The van der Waals surface area contributed by atoms with Gasteiger partial charge < -0.3 is 10.6 Å². The van der Waals surface area contributed by atoms with Crippen molar-refractivity contribution >= 4 is 28.0 Å². The highest BCUT2D eigenvalue weighted by Gasteiger charge is 2.08. The molecule has 2 aromatic carbocycles. The Morgan fingerprint density at radius 3 is 2.50 bits per heavy atom. The third-order valence-corrected chi connectivity index (χ3v) is 3.43. The number of nitrogens with two attached hydrogens (primary N) is 1. The highest BCUT2D eigenvalue weighted by Crippen LogP contribution is 2.32. The molecule has 0 radical (unpaired) electrons. The number of hydrogen-bond donors (Lipinski definition) is 2. The molecule has 3 rings (SSSR count). The molecule has 6 heteroatoms. The zero-order chi connectivity index (χ0) is 15.5. The fraction of sp³-hybridized carbons (Fsp3) is 0.0625. The Balaban J connectivity index is 2.08. The summed E-state index contributed by atoms with van der Waals surface area (Å²) in [5.74, 6) is 5.77.